The number of carboxylic acid groups (broad SMARTS) is 1. The third kappa shape index (κ3) is 29.7. The second kappa shape index (κ2) is 32.2. The predicted octanol–water partition coefficient (Wildman–Crippen LogP) is 11.7. The molecule has 0 rings (SSSR count). The van der Waals surface area contributed by atoms with Gasteiger partial charge in [0.15, 0.2) is 0 Å². The molecule has 0 amide bonds. The van der Waals surface area contributed by atoms with Gasteiger partial charge in [0.2, 0.25) is 0 Å². The molecular weight excluding hydrogens is 496 g/mol. The fraction of sp³-hybridized carbons (Fsp3) is 0.889. The quantitative estimate of drug-likeness (QED) is 0.0489. The highest BCUT2D eigenvalue weighted by molar-refractivity contribution is 5.79. The number of carbonyl (C=O) groups excluding carboxylic acids is 1. The van der Waals surface area contributed by atoms with E-state index in [1.165, 1.54) is 154 Å². The van der Waals surface area contributed by atoms with Crippen LogP contribution in [0.4, 0.5) is 0 Å². The topological polar surface area (TPSA) is 63.6 Å². The van der Waals surface area contributed by atoms with E-state index in [4.69, 9.17) is 9.84 Å². The van der Waals surface area contributed by atoms with Gasteiger partial charge >= 0.3 is 11.9 Å². The molecule has 0 saturated carbocycles. The van der Waals surface area contributed by atoms with Crippen molar-refractivity contribution in [1.29, 1.82) is 0 Å². The zero-order chi connectivity index (χ0) is 29.4. The van der Waals surface area contributed by atoms with E-state index < -0.39 is 11.9 Å². The number of ether oxygens (including phenoxy) is 1. The van der Waals surface area contributed by atoms with Gasteiger partial charge in [0.1, 0.15) is 0 Å². The fourth-order valence-corrected chi connectivity index (χ4v) is 5.58. The molecule has 0 bridgehead atoms. The summed E-state index contributed by atoms with van der Waals surface area (Å²) in [4.78, 5) is 23.1. The summed E-state index contributed by atoms with van der Waals surface area (Å²) >= 11 is 0. The summed E-state index contributed by atoms with van der Waals surface area (Å²) in [7, 11) is 0. The number of unbranched alkanes of at least 4 members (excludes halogenated alkanes) is 25. The average molecular weight is 565 g/mol. The van der Waals surface area contributed by atoms with E-state index in [1.807, 2.05) is 13.0 Å². The average Bonchev–Trinajstić information content (AvgIpc) is 2.94. The minimum absolute atomic E-state index is 0.111. The van der Waals surface area contributed by atoms with Gasteiger partial charge in [-0.15, -0.1) is 6.58 Å². The highest BCUT2D eigenvalue weighted by Gasteiger charge is 2.22. The van der Waals surface area contributed by atoms with Crippen LogP contribution in [-0.2, 0) is 14.3 Å². The maximum Gasteiger partial charge on any atom is 0.309 e. The second-order valence-electron chi connectivity index (χ2n) is 12.2. The highest BCUT2D eigenvalue weighted by atomic mass is 16.5. The summed E-state index contributed by atoms with van der Waals surface area (Å²) in [5, 5.41) is 9.05. The van der Waals surface area contributed by atoms with Crippen LogP contribution in [-0.4, -0.2) is 23.7 Å². The Balaban J connectivity index is 3.29. The molecule has 0 spiro atoms. The SMILES string of the molecule is C=CCCCCCCCCCCCCCCCCCCCCCCCCCCCC(CC(=O)O)C(=O)OCCC. The van der Waals surface area contributed by atoms with E-state index >= 15 is 0 Å². The fourth-order valence-electron chi connectivity index (χ4n) is 5.58. The van der Waals surface area contributed by atoms with Crippen molar-refractivity contribution < 1.29 is 19.4 Å². The molecule has 0 aromatic rings. The molecule has 236 valence electrons. The van der Waals surface area contributed by atoms with E-state index in [-0.39, 0.29) is 12.4 Å². The van der Waals surface area contributed by atoms with Crippen LogP contribution in [0.5, 0.6) is 0 Å². The maximum absolute atomic E-state index is 12.0. The summed E-state index contributed by atoms with van der Waals surface area (Å²) in [6, 6.07) is 0. The summed E-state index contributed by atoms with van der Waals surface area (Å²) < 4.78 is 5.16. The van der Waals surface area contributed by atoms with Gasteiger partial charge in [-0.3, -0.25) is 9.59 Å². The molecule has 1 N–H and O–H groups in total. The zero-order valence-corrected chi connectivity index (χ0v) is 26.7. The molecule has 1 atom stereocenters. The Hall–Kier alpha value is -1.32. The van der Waals surface area contributed by atoms with Gasteiger partial charge in [-0.05, 0) is 25.7 Å². The summed E-state index contributed by atoms with van der Waals surface area (Å²) in [5.41, 5.74) is 0. The predicted molar refractivity (Wildman–Crippen MR) is 172 cm³/mol. The lowest BCUT2D eigenvalue weighted by molar-refractivity contribution is -0.153. The first kappa shape index (κ1) is 38.7. The third-order valence-corrected chi connectivity index (χ3v) is 8.16. The van der Waals surface area contributed by atoms with Crippen LogP contribution in [0.15, 0.2) is 12.7 Å². The molecule has 0 saturated heterocycles. The van der Waals surface area contributed by atoms with Crippen molar-refractivity contribution in [3.8, 4) is 0 Å². The molecule has 4 heteroatoms. The van der Waals surface area contributed by atoms with Gasteiger partial charge in [0.25, 0.3) is 0 Å². The largest absolute Gasteiger partial charge is 0.481 e. The molecule has 0 heterocycles. The van der Waals surface area contributed by atoms with Crippen molar-refractivity contribution in [2.75, 3.05) is 6.61 Å². The smallest absolute Gasteiger partial charge is 0.309 e. The molecule has 0 aliphatic rings. The Morgan fingerprint density at radius 1 is 0.600 bits per heavy atom. The Kier molecular flexibility index (Phi) is 31.1. The number of aliphatic carboxylic acids is 1. The molecule has 1 unspecified atom stereocenters. The van der Waals surface area contributed by atoms with Gasteiger partial charge in [0, 0.05) is 0 Å². The lowest BCUT2D eigenvalue weighted by Gasteiger charge is -2.13. The Morgan fingerprint density at radius 2 is 0.925 bits per heavy atom. The number of carboxylic acids is 1. The van der Waals surface area contributed by atoms with Gasteiger partial charge in [-0.1, -0.05) is 167 Å². The molecular formula is C36H68O4. The van der Waals surface area contributed by atoms with Crippen LogP contribution in [0.2, 0.25) is 0 Å². The molecule has 0 aromatic heterocycles. The van der Waals surface area contributed by atoms with Crippen molar-refractivity contribution >= 4 is 11.9 Å². The zero-order valence-electron chi connectivity index (χ0n) is 26.7. The van der Waals surface area contributed by atoms with Crippen molar-refractivity contribution in [2.45, 2.75) is 193 Å². The van der Waals surface area contributed by atoms with Crippen molar-refractivity contribution in [3.63, 3.8) is 0 Å². The standard InChI is InChI=1S/C36H68O4/c1-3-5-6-7-8-9-10-11-12-13-14-15-16-17-18-19-20-21-22-23-24-25-26-27-28-29-30-31-34(33-35(37)38)36(39)40-32-4-2/h3,34H,1,4-33H2,2H3,(H,37,38). The van der Waals surface area contributed by atoms with E-state index in [0.29, 0.717) is 13.0 Å². The maximum atomic E-state index is 12.0. The number of rotatable bonds is 33. The van der Waals surface area contributed by atoms with E-state index in [0.717, 1.165) is 19.3 Å². The van der Waals surface area contributed by atoms with Crippen LogP contribution in [0.1, 0.15) is 193 Å². The van der Waals surface area contributed by atoms with Crippen molar-refractivity contribution in [1.82, 2.24) is 0 Å². The number of carbonyl (C=O) groups is 2. The van der Waals surface area contributed by atoms with Crippen LogP contribution in [0.3, 0.4) is 0 Å². The number of hydrogen-bond acceptors (Lipinski definition) is 3. The third-order valence-electron chi connectivity index (χ3n) is 8.16. The van der Waals surface area contributed by atoms with Gasteiger partial charge in [-0.2, -0.15) is 0 Å². The molecule has 0 fully saturated rings. The van der Waals surface area contributed by atoms with E-state index in [9.17, 15) is 9.59 Å². The second-order valence-corrected chi connectivity index (χ2v) is 12.2. The van der Waals surface area contributed by atoms with Crippen molar-refractivity contribution in [2.24, 2.45) is 5.92 Å². The summed E-state index contributed by atoms with van der Waals surface area (Å²) in [6.07, 6.45) is 38.5. The van der Waals surface area contributed by atoms with Crippen LogP contribution >= 0.6 is 0 Å². The van der Waals surface area contributed by atoms with E-state index in [2.05, 4.69) is 6.58 Å². The lowest BCUT2D eigenvalue weighted by atomic mass is 9.97. The minimum atomic E-state index is -0.915. The normalized spacial score (nSPS) is 11.9. The van der Waals surface area contributed by atoms with Crippen molar-refractivity contribution in [3.05, 3.63) is 12.7 Å². The van der Waals surface area contributed by atoms with Crippen LogP contribution in [0.25, 0.3) is 0 Å². The summed E-state index contributed by atoms with van der Waals surface area (Å²) in [5.74, 6) is -1.74. The molecule has 40 heavy (non-hydrogen) atoms. The highest BCUT2D eigenvalue weighted by Crippen LogP contribution is 2.19. The van der Waals surface area contributed by atoms with Gasteiger partial charge < -0.3 is 9.84 Å². The Labute approximate surface area is 249 Å². The van der Waals surface area contributed by atoms with Gasteiger partial charge in [0.05, 0.1) is 18.9 Å². The number of esters is 1. The van der Waals surface area contributed by atoms with Crippen LogP contribution < -0.4 is 0 Å². The first-order valence-electron chi connectivity index (χ1n) is 17.6. The molecule has 0 aliphatic heterocycles. The first-order chi connectivity index (χ1) is 19.6. The Morgan fingerprint density at radius 3 is 1.23 bits per heavy atom. The molecule has 0 aromatic carbocycles. The Bertz CT molecular complexity index is 559. The molecule has 0 radical (unpaired) electrons. The monoisotopic (exact) mass is 565 g/mol. The number of allylic oxidation sites excluding steroid dienone is 1. The van der Waals surface area contributed by atoms with Gasteiger partial charge in [-0.25, -0.2) is 0 Å². The molecule has 4 nitrogen and oxygen atoms in total. The summed E-state index contributed by atoms with van der Waals surface area (Å²) in [6.45, 7) is 6.12. The lowest BCUT2D eigenvalue weighted by Crippen LogP contribution is -2.21. The number of hydrogen-bond donors (Lipinski definition) is 1. The van der Waals surface area contributed by atoms with Crippen LogP contribution in [0, 0.1) is 5.92 Å². The molecule has 0 aliphatic carbocycles. The minimum Gasteiger partial charge on any atom is -0.481 e. The first-order valence-corrected chi connectivity index (χ1v) is 17.6. The van der Waals surface area contributed by atoms with E-state index in [1.54, 1.807) is 0 Å².